The fourth-order valence-electron chi connectivity index (χ4n) is 4.25. The lowest BCUT2D eigenvalue weighted by Gasteiger charge is -2.30. The summed E-state index contributed by atoms with van der Waals surface area (Å²) >= 11 is 1.50. The van der Waals surface area contributed by atoms with Crippen molar-refractivity contribution in [3.8, 4) is 0 Å². The number of aryl methyl sites for hydroxylation is 1. The third-order valence-electron chi connectivity index (χ3n) is 6.06. The summed E-state index contributed by atoms with van der Waals surface area (Å²) in [5, 5.41) is 38.7. The van der Waals surface area contributed by atoms with E-state index in [0.717, 1.165) is 15.0 Å². The van der Waals surface area contributed by atoms with Crippen LogP contribution in [-0.4, -0.2) is 94.6 Å². The van der Waals surface area contributed by atoms with E-state index in [-0.39, 0.29) is 64.5 Å². The second kappa shape index (κ2) is 13.4. The van der Waals surface area contributed by atoms with Gasteiger partial charge in [-0.25, -0.2) is 0 Å². The molecule has 0 fully saturated rings. The SMILES string of the molecule is O=C(C(CCc1ccc2c(=O)c3ccccc3sc2c1)C(=O)N(CCO)CCO)N(CCO)CCO. The van der Waals surface area contributed by atoms with Crippen molar-refractivity contribution in [3.05, 3.63) is 58.3 Å². The fraction of sp³-hybridized carbons (Fsp3) is 0.423. The molecule has 2 aromatic carbocycles. The molecule has 1 aromatic heterocycles. The molecule has 0 bridgehead atoms. The Morgan fingerprint density at radius 3 is 1.83 bits per heavy atom. The lowest BCUT2D eigenvalue weighted by molar-refractivity contribution is -0.148. The van der Waals surface area contributed by atoms with Crippen molar-refractivity contribution in [1.29, 1.82) is 0 Å². The number of amides is 2. The standard InChI is InChI=1S/C26H32N2O7S/c29-13-9-27(10-14-30)25(34)21(26(35)28(11-15-31)12-16-32)8-6-18-5-7-20-23(17-18)36-22-4-2-1-3-19(22)24(20)33/h1-5,7,17,21,29-32H,6,8-16H2. The number of benzene rings is 2. The van der Waals surface area contributed by atoms with E-state index in [1.807, 2.05) is 30.3 Å². The Morgan fingerprint density at radius 1 is 0.750 bits per heavy atom. The lowest BCUT2D eigenvalue weighted by Crippen LogP contribution is -2.48. The summed E-state index contributed by atoms with van der Waals surface area (Å²) in [5.41, 5.74) is 0.812. The quantitative estimate of drug-likeness (QED) is 0.193. The van der Waals surface area contributed by atoms with Crippen molar-refractivity contribution in [2.45, 2.75) is 12.8 Å². The van der Waals surface area contributed by atoms with Crippen molar-refractivity contribution in [3.63, 3.8) is 0 Å². The molecule has 194 valence electrons. The van der Waals surface area contributed by atoms with Gasteiger partial charge in [-0.2, -0.15) is 0 Å². The number of fused-ring (bicyclic) bond motifs is 2. The Bertz CT molecular complexity index is 1210. The summed E-state index contributed by atoms with van der Waals surface area (Å²) in [6.45, 7) is -1.38. The van der Waals surface area contributed by atoms with Crippen molar-refractivity contribution >= 4 is 43.3 Å². The van der Waals surface area contributed by atoms with Gasteiger partial charge in [-0.05, 0) is 42.7 Å². The highest BCUT2D eigenvalue weighted by atomic mass is 32.1. The van der Waals surface area contributed by atoms with Crippen LogP contribution in [0, 0.1) is 5.92 Å². The summed E-state index contributed by atoms with van der Waals surface area (Å²) in [5.74, 6) is -2.17. The number of aliphatic hydroxyl groups is 4. The van der Waals surface area contributed by atoms with E-state index < -0.39 is 17.7 Å². The number of hydrogen-bond acceptors (Lipinski definition) is 8. The number of rotatable bonds is 13. The van der Waals surface area contributed by atoms with Gasteiger partial charge in [0, 0.05) is 46.4 Å². The van der Waals surface area contributed by atoms with Crippen LogP contribution in [0.4, 0.5) is 0 Å². The van der Waals surface area contributed by atoms with Gasteiger partial charge in [-0.1, -0.05) is 18.2 Å². The summed E-state index contributed by atoms with van der Waals surface area (Å²) in [4.78, 5) is 41.9. The third-order valence-corrected chi connectivity index (χ3v) is 7.20. The van der Waals surface area contributed by atoms with E-state index in [1.165, 1.54) is 21.1 Å². The molecule has 0 unspecified atom stereocenters. The van der Waals surface area contributed by atoms with E-state index in [9.17, 15) is 34.8 Å². The van der Waals surface area contributed by atoms with Crippen LogP contribution in [0.3, 0.4) is 0 Å². The molecule has 0 aliphatic heterocycles. The number of nitrogens with zero attached hydrogens (tertiary/aromatic N) is 2. The van der Waals surface area contributed by atoms with Gasteiger partial charge in [0.25, 0.3) is 0 Å². The molecule has 36 heavy (non-hydrogen) atoms. The number of hydrogen-bond donors (Lipinski definition) is 4. The second-order valence-corrected chi connectivity index (χ2v) is 9.48. The topological polar surface area (TPSA) is 139 Å². The fourth-order valence-corrected chi connectivity index (χ4v) is 5.39. The van der Waals surface area contributed by atoms with Crippen LogP contribution in [0.5, 0.6) is 0 Å². The molecule has 0 aliphatic rings. The predicted octanol–water partition coefficient (Wildman–Crippen LogP) is 0.590. The molecule has 0 radical (unpaired) electrons. The van der Waals surface area contributed by atoms with E-state index in [0.29, 0.717) is 17.2 Å². The molecule has 0 saturated carbocycles. The summed E-state index contributed by atoms with van der Waals surface area (Å²) in [6.07, 6.45) is 0.510. The maximum Gasteiger partial charge on any atom is 0.235 e. The number of aliphatic hydroxyl groups excluding tert-OH is 4. The van der Waals surface area contributed by atoms with Crippen LogP contribution in [0.2, 0.25) is 0 Å². The highest BCUT2D eigenvalue weighted by Crippen LogP contribution is 2.26. The minimum atomic E-state index is -1.12. The first-order valence-electron chi connectivity index (χ1n) is 11.9. The average molecular weight is 517 g/mol. The first-order valence-corrected chi connectivity index (χ1v) is 12.7. The van der Waals surface area contributed by atoms with E-state index in [2.05, 4.69) is 0 Å². The third kappa shape index (κ3) is 6.45. The van der Waals surface area contributed by atoms with Crippen LogP contribution in [0.15, 0.2) is 47.3 Å². The summed E-state index contributed by atoms with van der Waals surface area (Å²) in [6, 6.07) is 12.9. The van der Waals surface area contributed by atoms with Crippen molar-refractivity contribution in [2.24, 2.45) is 5.92 Å². The predicted molar refractivity (Wildman–Crippen MR) is 139 cm³/mol. The van der Waals surface area contributed by atoms with Gasteiger partial charge < -0.3 is 30.2 Å². The Morgan fingerprint density at radius 2 is 1.28 bits per heavy atom. The zero-order valence-electron chi connectivity index (χ0n) is 20.0. The molecule has 9 nitrogen and oxygen atoms in total. The first-order chi connectivity index (χ1) is 17.4. The zero-order chi connectivity index (χ0) is 26.1. The summed E-state index contributed by atoms with van der Waals surface area (Å²) in [7, 11) is 0. The van der Waals surface area contributed by atoms with Gasteiger partial charge in [-0.15, -0.1) is 11.3 Å². The minimum Gasteiger partial charge on any atom is -0.395 e. The normalized spacial score (nSPS) is 11.4. The molecule has 0 spiro atoms. The molecule has 1 heterocycles. The molecule has 0 aliphatic carbocycles. The van der Waals surface area contributed by atoms with Crippen molar-refractivity contribution in [2.75, 3.05) is 52.6 Å². The van der Waals surface area contributed by atoms with Crippen LogP contribution >= 0.6 is 11.3 Å². The van der Waals surface area contributed by atoms with E-state index >= 15 is 0 Å². The first kappa shape index (κ1) is 27.7. The monoisotopic (exact) mass is 516 g/mol. The van der Waals surface area contributed by atoms with Crippen LogP contribution in [0.1, 0.15) is 12.0 Å². The Balaban J connectivity index is 1.90. The second-order valence-electron chi connectivity index (χ2n) is 8.39. The number of carbonyl (C=O) groups is 2. The molecule has 3 rings (SSSR count). The van der Waals surface area contributed by atoms with Crippen molar-refractivity contribution < 1.29 is 30.0 Å². The number of carbonyl (C=O) groups excluding carboxylic acids is 2. The maximum absolute atomic E-state index is 13.3. The molecule has 0 saturated heterocycles. The minimum absolute atomic E-state index is 0.0276. The Hall–Kier alpha value is -2.89. The average Bonchev–Trinajstić information content (AvgIpc) is 2.88. The van der Waals surface area contributed by atoms with Gasteiger partial charge >= 0.3 is 0 Å². The molecule has 2 amide bonds. The lowest BCUT2D eigenvalue weighted by atomic mass is 9.95. The zero-order valence-corrected chi connectivity index (χ0v) is 20.8. The Kier molecular flexibility index (Phi) is 10.3. The van der Waals surface area contributed by atoms with Gasteiger partial charge in [0.05, 0.1) is 26.4 Å². The highest BCUT2D eigenvalue weighted by Gasteiger charge is 2.33. The summed E-state index contributed by atoms with van der Waals surface area (Å²) < 4.78 is 1.69. The van der Waals surface area contributed by atoms with Gasteiger partial charge in [0.15, 0.2) is 5.43 Å². The maximum atomic E-state index is 13.3. The Labute approximate surface area is 212 Å². The van der Waals surface area contributed by atoms with E-state index in [1.54, 1.807) is 12.1 Å². The smallest absolute Gasteiger partial charge is 0.235 e. The van der Waals surface area contributed by atoms with Crippen LogP contribution in [0.25, 0.3) is 20.2 Å². The van der Waals surface area contributed by atoms with Gasteiger partial charge in [-0.3, -0.25) is 14.4 Å². The largest absolute Gasteiger partial charge is 0.395 e. The van der Waals surface area contributed by atoms with Gasteiger partial charge in [0.2, 0.25) is 11.8 Å². The highest BCUT2D eigenvalue weighted by molar-refractivity contribution is 7.24. The van der Waals surface area contributed by atoms with Crippen LogP contribution < -0.4 is 5.43 Å². The van der Waals surface area contributed by atoms with Gasteiger partial charge in [0.1, 0.15) is 5.92 Å². The molecular formula is C26H32N2O7S. The molecular weight excluding hydrogens is 484 g/mol. The molecule has 4 N–H and O–H groups in total. The van der Waals surface area contributed by atoms with Crippen molar-refractivity contribution in [1.82, 2.24) is 9.80 Å². The molecule has 0 atom stereocenters. The molecule has 3 aromatic rings. The van der Waals surface area contributed by atoms with Crippen LogP contribution in [-0.2, 0) is 16.0 Å². The molecule has 10 heteroatoms. The van der Waals surface area contributed by atoms with E-state index in [4.69, 9.17) is 0 Å².